The van der Waals surface area contributed by atoms with E-state index in [4.69, 9.17) is 5.73 Å². The van der Waals surface area contributed by atoms with Crippen molar-refractivity contribution < 1.29 is 5.11 Å². The van der Waals surface area contributed by atoms with Crippen LogP contribution < -0.4 is 5.73 Å². The Kier molecular flexibility index (Phi) is 4.17. The smallest absolute Gasteiger partial charge is 0.0797 e. The van der Waals surface area contributed by atoms with E-state index in [1.165, 1.54) is 11.3 Å². The first-order chi connectivity index (χ1) is 8.18. The second-order valence-corrected chi connectivity index (χ2v) is 6.13. The number of nitrogens with two attached hydrogens (primary N) is 1. The fourth-order valence-corrected chi connectivity index (χ4v) is 3.63. The molecule has 0 aromatic carbocycles. The van der Waals surface area contributed by atoms with E-state index >= 15 is 0 Å². The van der Waals surface area contributed by atoms with Crippen LogP contribution in [0.25, 0.3) is 0 Å². The van der Waals surface area contributed by atoms with Gasteiger partial charge < -0.3 is 10.8 Å². The Labute approximate surface area is 107 Å². The maximum absolute atomic E-state index is 10.2. The number of nitrogens with zero attached hydrogens (tertiary/aromatic N) is 1. The second kappa shape index (κ2) is 5.46. The molecule has 1 aliphatic rings. The van der Waals surface area contributed by atoms with Crippen LogP contribution >= 0.6 is 11.3 Å². The summed E-state index contributed by atoms with van der Waals surface area (Å²) in [6.07, 6.45) is 6.12. The molecule has 1 aromatic heterocycles. The third kappa shape index (κ3) is 2.69. The summed E-state index contributed by atoms with van der Waals surface area (Å²) >= 11 is 1.71. The molecule has 0 spiro atoms. The highest BCUT2D eigenvalue weighted by Crippen LogP contribution is 2.40. The normalized spacial score (nSPS) is 29.5. The molecule has 3 N–H and O–H groups in total. The molecule has 0 saturated heterocycles. The molecule has 3 nitrogen and oxygen atoms in total. The van der Waals surface area contributed by atoms with Crippen molar-refractivity contribution in [3.8, 4) is 0 Å². The van der Waals surface area contributed by atoms with E-state index in [2.05, 4.69) is 11.9 Å². The molecule has 17 heavy (non-hydrogen) atoms. The predicted octanol–water partition coefficient (Wildman–Crippen LogP) is 2.26. The Morgan fingerprint density at radius 3 is 3.00 bits per heavy atom. The van der Waals surface area contributed by atoms with Crippen molar-refractivity contribution in [2.24, 2.45) is 11.1 Å². The van der Waals surface area contributed by atoms with E-state index < -0.39 is 0 Å². The number of aryl methyl sites for hydroxylation is 2. The maximum atomic E-state index is 10.2. The van der Waals surface area contributed by atoms with Gasteiger partial charge in [-0.15, -0.1) is 11.3 Å². The Morgan fingerprint density at radius 2 is 2.41 bits per heavy atom. The highest BCUT2D eigenvalue weighted by molar-refractivity contribution is 7.09. The molecule has 0 radical (unpaired) electrons. The largest absolute Gasteiger partial charge is 0.393 e. The van der Waals surface area contributed by atoms with Gasteiger partial charge in [-0.1, -0.05) is 12.8 Å². The summed E-state index contributed by atoms with van der Waals surface area (Å²) in [4.78, 5) is 5.62. The Hall–Kier alpha value is -0.450. The molecule has 2 atom stereocenters. The lowest BCUT2D eigenvalue weighted by Gasteiger charge is -2.40. The Balaban J connectivity index is 2.02. The SMILES string of the molecule is Cc1ncsc1CCC1(CN)CCCCC1O. The third-order valence-electron chi connectivity index (χ3n) is 4.21. The average molecular weight is 254 g/mol. The van der Waals surface area contributed by atoms with Crippen molar-refractivity contribution in [3.05, 3.63) is 16.1 Å². The summed E-state index contributed by atoms with van der Waals surface area (Å²) < 4.78 is 0. The van der Waals surface area contributed by atoms with E-state index in [1.807, 2.05) is 5.51 Å². The number of aliphatic hydroxyl groups excluding tert-OH is 1. The average Bonchev–Trinajstić information content (AvgIpc) is 2.75. The van der Waals surface area contributed by atoms with E-state index in [-0.39, 0.29) is 11.5 Å². The lowest BCUT2D eigenvalue weighted by Crippen LogP contribution is -2.44. The zero-order chi connectivity index (χ0) is 12.3. The lowest BCUT2D eigenvalue weighted by atomic mass is 9.69. The van der Waals surface area contributed by atoms with Crippen LogP contribution in [0.4, 0.5) is 0 Å². The molecule has 0 bridgehead atoms. The van der Waals surface area contributed by atoms with Gasteiger partial charge in [0.1, 0.15) is 0 Å². The minimum absolute atomic E-state index is 0.0469. The zero-order valence-electron chi connectivity index (χ0n) is 10.5. The van der Waals surface area contributed by atoms with Crippen LogP contribution in [0.3, 0.4) is 0 Å². The highest BCUT2D eigenvalue weighted by atomic mass is 32.1. The molecule has 1 aliphatic carbocycles. The van der Waals surface area contributed by atoms with Gasteiger partial charge in [-0.25, -0.2) is 4.98 Å². The van der Waals surface area contributed by atoms with Crippen molar-refractivity contribution in [1.29, 1.82) is 0 Å². The summed E-state index contributed by atoms with van der Waals surface area (Å²) in [6, 6.07) is 0. The van der Waals surface area contributed by atoms with Gasteiger partial charge in [-0.2, -0.15) is 0 Å². The topological polar surface area (TPSA) is 59.1 Å². The van der Waals surface area contributed by atoms with Gasteiger partial charge in [0.05, 0.1) is 17.3 Å². The monoisotopic (exact) mass is 254 g/mol. The molecule has 96 valence electrons. The number of rotatable bonds is 4. The van der Waals surface area contributed by atoms with Gasteiger partial charge in [-0.05, 0) is 32.6 Å². The van der Waals surface area contributed by atoms with Crippen molar-refractivity contribution in [2.45, 2.75) is 51.6 Å². The van der Waals surface area contributed by atoms with Crippen LogP contribution in [0.5, 0.6) is 0 Å². The van der Waals surface area contributed by atoms with E-state index in [1.54, 1.807) is 11.3 Å². The summed E-state index contributed by atoms with van der Waals surface area (Å²) in [5.41, 5.74) is 8.92. The molecule has 1 fully saturated rings. The molecule has 2 rings (SSSR count). The van der Waals surface area contributed by atoms with Gasteiger partial charge in [0.2, 0.25) is 0 Å². The van der Waals surface area contributed by atoms with Crippen LogP contribution in [-0.4, -0.2) is 22.7 Å². The minimum atomic E-state index is -0.213. The molecule has 4 heteroatoms. The van der Waals surface area contributed by atoms with E-state index in [0.717, 1.165) is 37.8 Å². The number of hydrogen-bond donors (Lipinski definition) is 2. The highest BCUT2D eigenvalue weighted by Gasteiger charge is 2.38. The summed E-state index contributed by atoms with van der Waals surface area (Å²) in [6.45, 7) is 2.66. The number of hydrogen-bond acceptors (Lipinski definition) is 4. The van der Waals surface area contributed by atoms with Crippen molar-refractivity contribution in [2.75, 3.05) is 6.54 Å². The molecule has 1 saturated carbocycles. The van der Waals surface area contributed by atoms with Crippen LogP contribution in [0.15, 0.2) is 5.51 Å². The second-order valence-electron chi connectivity index (χ2n) is 5.19. The van der Waals surface area contributed by atoms with E-state index in [9.17, 15) is 5.11 Å². The summed E-state index contributed by atoms with van der Waals surface area (Å²) in [5, 5.41) is 10.2. The first-order valence-corrected chi connectivity index (χ1v) is 7.33. The third-order valence-corrected chi connectivity index (χ3v) is 5.21. The number of aromatic nitrogens is 1. The lowest BCUT2D eigenvalue weighted by molar-refractivity contribution is -0.0114. The van der Waals surface area contributed by atoms with Gasteiger partial charge in [0.15, 0.2) is 0 Å². The van der Waals surface area contributed by atoms with Crippen LogP contribution in [0, 0.1) is 12.3 Å². The Bertz CT molecular complexity index is 366. The molecule has 1 heterocycles. The van der Waals surface area contributed by atoms with Gasteiger partial charge >= 0.3 is 0 Å². The predicted molar refractivity (Wildman–Crippen MR) is 71.1 cm³/mol. The fraction of sp³-hybridized carbons (Fsp3) is 0.769. The van der Waals surface area contributed by atoms with Crippen LogP contribution in [0.1, 0.15) is 42.7 Å². The standard InChI is InChI=1S/C13H22N2OS/c1-10-11(17-9-15-10)5-7-13(8-14)6-3-2-4-12(13)16/h9,12,16H,2-8,14H2,1H3. The van der Waals surface area contributed by atoms with Crippen LogP contribution in [-0.2, 0) is 6.42 Å². The number of thiazole rings is 1. The summed E-state index contributed by atoms with van der Waals surface area (Å²) in [7, 11) is 0. The molecule has 0 amide bonds. The van der Waals surface area contributed by atoms with Gasteiger partial charge in [0.25, 0.3) is 0 Å². The van der Waals surface area contributed by atoms with Crippen molar-refractivity contribution >= 4 is 11.3 Å². The summed E-state index contributed by atoms with van der Waals surface area (Å²) in [5.74, 6) is 0. The first kappa shape index (κ1) is 13.0. The van der Waals surface area contributed by atoms with Crippen molar-refractivity contribution in [3.63, 3.8) is 0 Å². The van der Waals surface area contributed by atoms with Crippen molar-refractivity contribution in [1.82, 2.24) is 4.98 Å². The fourth-order valence-electron chi connectivity index (χ4n) is 2.85. The van der Waals surface area contributed by atoms with Crippen LogP contribution in [0.2, 0.25) is 0 Å². The molecular weight excluding hydrogens is 232 g/mol. The number of aliphatic hydroxyl groups is 1. The zero-order valence-corrected chi connectivity index (χ0v) is 11.3. The van der Waals surface area contributed by atoms with E-state index in [0.29, 0.717) is 6.54 Å². The van der Waals surface area contributed by atoms with Gasteiger partial charge in [-0.3, -0.25) is 0 Å². The molecule has 2 unspecified atom stereocenters. The first-order valence-electron chi connectivity index (χ1n) is 6.45. The molecular formula is C13H22N2OS. The van der Waals surface area contributed by atoms with Gasteiger partial charge in [0, 0.05) is 16.8 Å². The quantitative estimate of drug-likeness (QED) is 0.866. The Morgan fingerprint density at radius 1 is 1.59 bits per heavy atom. The minimum Gasteiger partial charge on any atom is -0.393 e. The maximum Gasteiger partial charge on any atom is 0.0797 e. The molecule has 0 aliphatic heterocycles. The molecule has 1 aromatic rings.